The summed E-state index contributed by atoms with van der Waals surface area (Å²) in [5.41, 5.74) is 2.07. The molecule has 0 amide bonds. The molecule has 4 heteroatoms. The molecule has 0 spiro atoms. The maximum absolute atomic E-state index is 5.73. The molecule has 0 aliphatic heterocycles. The standard InChI is InChI=1S/C16H22N2O2/c1-12-7-5-6-8-15(12)19-11-14-9-13(18-20-14)10-17-16(2,3)4/h5-9,17H,10-11H2,1-4H3. The zero-order valence-corrected chi connectivity index (χ0v) is 12.6. The van der Waals surface area contributed by atoms with Crippen LogP contribution in [0.3, 0.4) is 0 Å². The molecule has 0 aliphatic rings. The number of ether oxygens (including phenoxy) is 1. The smallest absolute Gasteiger partial charge is 0.174 e. The first-order chi connectivity index (χ1) is 9.44. The Hall–Kier alpha value is -1.81. The van der Waals surface area contributed by atoms with Gasteiger partial charge >= 0.3 is 0 Å². The fourth-order valence-electron chi connectivity index (χ4n) is 1.73. The van der Waals surface area contributed by atoms with Gasteiger partial charge in [0.05, 0.1) is 5.69 Å². The summed E-state index contributed by atoms with van der Waals surface area (Å²) in [6.07, 6.45) is 0. The summed E-state index contributed by atoms with van der Waals surface area (Å²) in [5.74, 6) is 1.61. The average Bonchev–Trinajstić information content (AvgIpc) is 2.83. The molecule has 20 heavy (non-hydrogen) atoms. The quantitative estimate of drug-likeness (QED) is 0.907. The average molecular weight is 274 g/mol. The second kappa shape index (κ2) is 6.09. The fraction of sp³-hybridized carbons (Fsp3) is 0.438. The van der Waals surface area contributed by atoms with Crippen molar-refractivity contribution >= 4 is 0 Å². The summed E-state index contributed by atoms with van der Waals surface area (Å²) < 4.78 is 11.0. The van der Waals surface area contributed by atoms with Gasteiger partial charge in [0.2, 0.25) is 0 Å². The van der Waals surface area contributed by atoms with E-state index in [4.69, 9.17) is 9.26 Å². The Morgan fingerprint density at radius 1 is 1.25 bits per heavy atom. The maximum atomic E-state index is 5.73. The van der Waals surface area contributed by atoms with E-state index in [1.54, 1.807) is 0 Å². The summed E-state index contributed by atoms with van der Waals surface area (Å²) in [7, 11) is 0. The minimum Gasteiger partial charge on any atom is -0.485 e. The number of aromatic nitrogens is 1. The number of hydrogen-bond acceptors (Lipinski definition) is 4. The first-order valence-corrected chi connectivity index (χ1v) is 6.82. The van der Waals surface area contributed by atoms with Crippen molar-refractivity contribution < 1.29 is 9.26 Å². The molecule has 1 N–H and O–H groups in total. The molecule has 0 radical (unpaired) electrons. The van der Waals surface area contributed by atoms with E-state index in [9.17, 15) is 0 Å². The zero-order valence-electron chi connectivity index (χ0n) is 12.6. The van der Waals surface area contributed by atoms with E-state index in [1.807, 2.05) is 37.3 Å². The van der Waals surface area contributed by atoms with Crippen molar-refractivity contribution in [3.05, 3.63) is 47.3 Å². The lowest BCUT2D eigenvalue weighted by atomic mass is 10.1. The highest BCUT2D eigenvalue weighted by atomic mass is 16.5. The zero-order chi connectivity index (χ0) is 14.6. The predicted octanol–water partition coefficient (Wildman–Crippen LogP) is 3.45. The number of hydrogen-bond donors (Lipinski definition) is 1. The van der Waals surface area contributed by atoms with E-state index in [0.717, 1.165) is 22.8 Å². The van der Waals surface area contributed by atoms with Gasteiger partial charge in [-0.15, -0.1) is 0 Å². The molecule has 0 fully saturated rings. The van der Waals surface area contributed by atoms with E-state index in [1.165, 1.54) is 0 Å². The lowest BCUT2D eigenvalue weighted by molar-refractivity contribution is 0.247. The highest BCUT2D eigenvalue weighted by Gasteiger charge is 2.11. The minimum absolute atomic E-state index is 0.0662. The van der Waals surface area contributed by atoms with Crippen LogP contribution in [0.5, 0.6) is 5.75 Å². The van der Waals surface area contributed by atoms with Crippen LogP contribution in [0.1, 0.15) is 37.8 Å². The van der Waals surface area contributed by atoms with Crippen LogP contribution in [0.2, 0.25) is 0 Å². The summed E-state index contributed by atoms with van der Waals surface area (Å²) in [6.45, 7) is 9.47. The van der Waals surface area contributed by atoms with E-state index < -0.39 is 0 Å². The largest absolute Gasteiger partial charge is 0.485 e. The topological polar surface area (TPSA) is 47.3 Å². The molecule has 2 aromatic rings. The summed E-state index contributed by atoms with van der Waals surface area (Å²) in [6, 6.07) is 9.85. The van der Waals surface area contributed by atoms with Crippen molar-refractivity contribution in [2.45, 2.75) is 46.4 Å². The Bertz CT molecular complexity index is 556. The molecule has 1 heterocycles. The van der Waals surface area contributed by atoms with Crippen LogP contribution in [-0.4, -0.2) is 10.7 Å². The van der Waals surface area contributed by atoms with E-state index in [-0.39, 0.29) is 5.54 Å². The summed E-state index contributed by atoms with van der Waals surface area (Å²) >= 11 is 0. The SMILES string of the molecule is Cc1ccccc1OCc1cc(CNC(C)(C)C)no1. The van der Waals surface area contributed by atoms with E-state index in [2.05, 4.69) is 31.2 Å². The molecule has 0 unspecified atom stereocenters. The van der Waals surface area contributed by atoms with Crippen LogP contribution < -0.4 is 10.1 Å². The third-order valence-corrected chi connectivity index (χ3v) is 2.87. The lowest BCUT2D eigenvalue weighted by Crippen LogP contribution is -2.35. The Morgan fingerprint density at radius 3 is 2.70 bits per heavy atom. The number of aryl methyl sites for hydroxylation is 1. The number of para-hydroxylation sites is 1. The monoisotopic (exact) mass is 274 g/mol. The van der Waals surface area contributed by atoms with Gasteiger partial charge in [-0.1, -0.05) is 23.4 Å². The second-order valence-corrected chi connectivity index (χ2v) is 5.94. The highest BCUT2D eigenvalue weighted by Crippen LogP contribution is 2.18. The van der Waals surface area contributed by atoms with Gasteiger partial charge in [-0.25, -0.2) is 0 Å². The van der Waals surface area contributed by atoms with Crippen LogP contribution in [0, 0.1) is 6.92 Å². The molecule has 2 rings (SSSR count). The third kappa shape index (κ3) is 4.38. The van der Waals surface area contributed by atoms with Gasteiger partial charge in [0.1, 0.15) is 12.4 Å². The van der Waals surface area contributed by atoms with Gasteiger partial charge in [-0.3, -0.25) is 0 Å². The summed E-state index contributed by atoms with van der Waals surface area (Å²) in [4.78, 5) is 0. The van der Waals surface area contributed by atoms with Gasteiger partial charge in [0, 0.05) is 18.2 Å². The summed E-state index contributed by atoms with van der Waals surface area (Å²) in [5, 5.41) is 7.41. The van der Waals surface area contributed by atoms with Gasteiger partial charge in [-0.2, -0.15) is 0 Å². The fourth-order valence-corrected chi connectivity index (χ4v) is 1.73. The molecular formula is C16H22N2O2. The van der Waals surface area contributed by atoms with Crippen LogP contribution in [-0.2, 0) is 13.2 Å². The molecule has 4 nitrogen and oxygen atoms in total. The van der Waals surface area contributed by atoms with Crippen LogP contribution in [0.4, 0.5) is 0 Å². The molecule has 0 atom stereocenters. The van der Waals surface area contributed by atoms with Gasteiger partial charge < -0.3 is 14.6 Å². The number of rotatable bonds is 5. The number of nitrogens with zero attached hydrogens (tertiary/aromatic N) is 1. The van der Waals surface area contributed by atoms with E-state index >= 15 is 0 Å². The molecule has 0 aliphatic carbocycles. The van der Waals surface area contributed by atoms with Crippen molar-refractivity contribution in [2.75, 3.05) is 0 Å². The van der Waals surface area contributed by atoms with Crippen molar-refractivity contribution in [3.63, 3.8) is 0 Å². The van der Waals surface area contributed by atoms with Gasteiger partial charge in [0.15, 0.2) is 5.76 Å². The second-order valence-electron chi connectivity index (χ2n) is 5.94. The first-order valence-electron chi connectivity index (χ1n) is 6.82. The molecule has 108 valence electrons. The van der Waals surface area contributed by atoms with Crippen LogP contribution >= 0.6 is 0 Å². The Labute approximate surface area is 120 Å². The van der Waals surface area contributed by atoms with E-state index in [0.29, 0.717) is 13.2 Å². The Kier molecular flexibility index (Phi) is 4.45. The lowest BCUT2D eigenvalue weighted by Gasteiger charge is -2.19. The molecular weight excluding hydrogens is 252 g/mol. The van der Waals surface area contributed by atoms with Gasteiger partial charge in [0.25, 0.3) is 0 Å². The molecule has 0 bridgehead atoms. The molecule has 0 saturated heterocycles. The molecule has 1 aromatic carbocycles. The number of benzene rings is 1. The van der Waals surface area contributed by atoms with Crippen molar-refractivity contribution in [3.8, 4) is 5.75 Å². The molecule has 1 aromatic heterocycles. The Morgan fingerprint density at radius 2 is 2.00 bits per heavy atom. The maximum Gasteiger partial charge on any atom is 0.174 e. The van der Waals surface area contributed by atoms with Gasteiger partial charge in [-0.05, 0) is 39.3 Å². The third-order valence-electron chi connectivity index (χ3n) is 2.87. The van der Waals surface area contributed by atoms with Crippen LogP contribution in [0.15, 0.2) is 34.9 Å². The van der Waals surface area contributed by atoms with Crippen molar-refractivity contribution in [1.29, 1.82) is 0 Å². The minimum atomic E-state index is 0.0662. The Balaban J connectivity index is 1.89. The highest BCUT2D eigenvalue weighted by molar-refractivity contribution is 5.31. The van der Waals surface area contributed by atoms with Crippen molar-refractivity contribution in [2.24, 2.45) is 0 Å². The normalized spacial score (nSPS) is 11.6. The van der Waals surface area contributed by atoms with Crippen molar-refractivity contribution in [1.82, 2.24) is 10.5 Å². The first kappa shape index (κ1) is 14.6. The number of nitrogens with one attached hydrogen (secondary N) is 1. The van der Waals surface area contributed by atoms with Crippen LogP contribution in [0.25, 0.3) is 0 Å². The molecule has 0 saturated carbocycles. The predicted molar refractivity (Wildman–Crippen MR) is 78.6 cm³/mol.